The van der Waals surface area contributed by atoms with Crippen molar-refractivity contribution in [1.82, 2.24) is 30.0 Å². The number of halogens is 1. The standard InChI is InChI=1S/C25H19FN6O2/c26-20-4-1-16(2-5-20)11-28-24(33)23-9-17(7-8-27-23)14-32-15-29-22-6-3-18(10-21(22)25(32)34)19-12-30-31-13-19/h1-10,12-13,15H,11,14H2,(H,28,33)(H,30,31). The molecule has 8 nitrogen and oxygen atoms in total. The first-order valence-electron chi connectivity index (χ1n) is 10.5. The monoisotopic (exact) mass is 454 g/mol. The average Bonchev–Trinajstić information content (AvgIpc) is 3.40. The summed E-state index contributed by atoms with van der Waals surface area (Å²) in [7, 11) is 0. The molecule has 9 heteroatoms. The molecule has 0 spiro atoms. The lowest BCUT2D eigenvalue weighted by atomic mass is 10.1. The number of hydrogen-bond acceptors (Lipinski definition) is 5. The number of amides is 1. The molecule has 0 unspecified atom stereocenters. The molecule has 34 heavy (non-hydrogen) atoms. The third-order valence-electron chi connectivity index (χ3n) is 5.43. The van der Waals surface area contributed by atoms with Crippen molar-refractivity contribution in [3.8, 4) is 11.1 Å². The van der Waals surface area contributed by atoms with E-state index in [1.165, 1.54) is 29.2 Å². The van der Waals surface area contributed by atoms with Gasteiger partial charge in [0.1, 0.15) is 11.5 Å². The molecule has 2 aromatic carbocycles. The van der Waals surface area contributed by atoms with E-state index >= 15 is 0 Å². The van der Waals surface area contributed by atoms with Crippen LogP contribution in [0.3, 0.4) is 0 Å². The van der Waals surface area contributed by atoms with Gasteiger partial charge in [0.05, 0.1) is 30.0 Å². The first kappa shape index (κ1) is 21.2. The Labute approximate surface area is 193 Å². The molecule has 5 rings (SSSR count). The number of H-pyrrole nitrogens is 1. The maximum absolute atomic E-state index is 13.1. The number of nitrogens with one attached hydrogen (secondary N) is 2. The lowest BCUT2D eigenvalue weighted by Crippen LogP contribution is -2.24. The van der Waals surface area contributed by atoms with Crippen LogP contribution in [0.1, 0.15) is 21.6 Å². The summed E-state index contributed by atoms with van der Waals surface area (Å²) >= 11 is 0. The van der Waals surface area contributed by atoms with E-state index in [1.54, 1.807) is 48.8 Å². The van der Waals surface area contributed by atoms with Gasteiger partial charge in [0.15, 0.2) is 0 Å². The second-order valence-corrected chi connectivity index (χ2v) is 7.76. The number of hydrogen-bond donors (Lipinski definition) is 2. The van der Waals surface area contributed by atoms with Crippen LogP contribution in [0.15, 0.2) is 84.3 Å². The van der Waals surface area contributed by atoms with Gasteiger partial charge < -0.3 is 5.32 Å². The van der Waals surface area contributed by atoms with Crippen molar-refractivity contribution in [3.05, 3.63) is 113 Å². The number of rotatable bonds is 6. The van der Waals surface area contributed by atoms with Crippen LogP contribution < -0.4 is 10.9 Å². The van der Waals surface area contributed by atoms with Crippen molar-refractivity contribution in [2.24, 2.45) is 0 Å². The van der Waals surface area contributed by atoms with Crippen molar-refractivity contribution >= 4 is 16.8 Å². The lowest BCUT2D eigenvalue weighted by molar-refractivity contribution is 0.0946. The Balaban J connectivity index is 1.36. The molecular weight excluding hydrogens is 435 g/mol. The predicted molar refractivity (Wildman–Crippen MR) is 124 cm³/mol. The highest BCUT2D eigenvalue weighted by molar-refractivity contribution is 5.92. The second kappa shape index (κ2) is 9.07. The number of carbonyl (C=O) groups excluding carboxylic acids is 1. The van der Waals surface area contributed by atoms with E-state index in [0.29, 0.717) is 10.9 Å². The smallest absolute Gasteiger partial charge is 0.270 e. The molecule has 2 N–H and O–H groups in total. The van der Waals surface area contributed by atoms with E-state index in [0.717, 1.165) is 22.3 Å². The molecule has 0 saturated carbocycles. The molecule has 0 aliphatic carbocycles. The summed E-state index contributed by atoms with van der Waals surface area (Å²) in [5.41, 5.74) is 3.89. The molecule has 5 aromatic rings. The zero-order valence-corrected chi connectivity index (χ0v) is 17.9. The SMILES string of the molecule is O=C(NCc1ccc(F)cc1)c1cc(Cn2cnc3ccc(-c4cn[nH]c4)cc3c2=O)ccn1. The normalized spacial score (nSPS) is 11.0. The van der Waals surface area contributed by atoms with Crippen molar-refractivity contribution < 1.29 is 9.18 Å². The Bertz CT molecular complexity index is 1530. The Kier molecular flexibility index (Phi) is 5.65. The molecule has 0 saturated heterocycles. The van der Waals surface area contributed by atoms with Gasteiger partial charge in [-0.3, -0.25) is 24.2 Å². The fraction of sp³-hybridized carbons (Fsp3) is 0.0800. The number of carbonyl (C=O) groups is 1. The second-order valence-electron chi connectivity index (χ2n) is 7.76. The topological polar surface area (TPSA) is 106 Å². The first-order valence-corrected chi connectivity index (χ1v) is 10.5. The van der Waals surface area contributed by atoms with Gasteiger partial charge in [-0.1, -0.05) is 18.2 Å². The van der Waals surface area contributed by atoms with Gasteiger partial charge in [0, 0.05) is 24.5 Å². The molecule has 0 aliphatic rings. The molecule has 0 bridgehead atoms. The molecule has 0 aliphatic heterocycles. The van der Waals surface area contributed by atoms with E-state index in [2.05, 4.69) is 25.5 Å². The minimum absolute atomic E-state index is 0.186. The summed E-state index contributed by atoms with van der Waals surface area (Å²) in [6.07, 6.45) is 6.47. The minimum Gasteiger partial charge on any atom is -0.347 e. The molecule has 3 aromatic heterocycles. The number of aromatic nitrogens is 5. The molecular formula is C25H19FN6O2. The number of fused-ring (bicyclic) bond motifs is 1. The van der Waals surface area contributed by atoms with Crippen LogP contribution in [0.4, 0.5) is 4.39 Å². The zero-order chi connectivity index (χ0) is 23.5. The van der Waals surface area contributed by atoms with Crippen molar-refractivity contribution in [1.29, 1.82) is 0 Å². The summed E-state index contributed by atoms with van der Waals surface area (Å²) in [4.78, 5) is 34.2. The predicted octanol–water partition coefficient (Wildman–Crippen LogP) is 3.30. The van der Waals surface area contributed by atoms with Crippen molar-refractivity contribution in [2.75, 3.05) is 0 Å². The van der Waals surface area contributed by atoms with E-state index in [4.69, 9.17) is 0 Å². The van der Waals surface area contributed by atoms with Crippen LogP contribution in [-0.4, -0.2) is 30.6 Å². The summed E-state index contributed by atoms with van der Waals surface area (Å²) in [5, 5.41) is 9.98. The highest BCUT2D eigenvalue weighted by Crippen LogP contribution is 2.20. The van der Waals surface area contributed by atoms with E-state index in [9.17, 15) is 14.0 Å². The first-order chi connectivity index (χ1) is 16.6. The largest absolute Gasteiger partial charge is 0.347 e. The molecule has 168 valence electrons. The fourth-order valence-electron chi connectivity index (χ4n) is 3.63. The van der Waals surface area contributed by atoms with Crippen LogP contribution in [-0.2, 0) is 13.1 Å². The molecule has 1 amide bonds. The molecule has 0 fully saturated rings. The van der Waals surface area contributed by atoms with Crippen molar-refractivity contribution in [2.45, 2.75) is 13.1 Å². The Morgan fingerprint density at radius 2 is 1.85 bits per heavy atom. The average molecular weight is 454 g/mol. The van der Waals surface area contributed by atoms with Crippen LogP contribution in [0.2, 0.25) is 0 Å². The Hall–Kier alpha value is -4.66. The lowest BCUT2D eigenvalue weighted by Gasteiger charge is -2.09. The van der Waals surface area contributed by atoms with Gasteiger partial charge in [0.25, 0.3) is 11.5 Å². The fourth-order valence-corrected chi connectivity index (χ4v) is 3.63. The maximum Gasteiger partial charge on any atom is 0.270 e. The molecule has 0 radical (unpaired) electrons. The van der Waals surface area contributed by atoms with E-state index < -0.39 is 0 Å². The quantitative estimate of drug-likeness (QED) is 0.410. The van der Waals surface area contributed by atoms with Gasteiger partial charge in [0.2, 0.25) is 0 Å². The van der Waals surface area contributed by atoms with Crippen LogP contribution in [0.25, 0.3) is 22.0 Å². The van der Waals surface area contributed by atoms with Gasteiger partial charge in [-0.25, -0.2) is 9.37 Å². The highest BCUT2D eigenvalue weighted by Gasteiger charge is 2.11. The van der Waals surface area contributed by atoms with Crippen molar-refractivity contribution in [3.63, 3.8) is 0 Å². The summed E-state index contributed by atoms with van der Waals surface area (Å²) in [5.74, 6) is -0.694. The third-order valence-corrected chi connectivity index (χ3v) is 5.43. The Morgan fingerprint density at radius 1 is 1.00 bits per heavy atom. The molecule has 0 atom stereocenters. The summed E-state index contributed by atoms with van der Waals surface area (Å²) in [6.45, 7) is 0.483. The van der Waals surface area contributed by atoms with Gasteiger partial charge in [-0.05, 0) is 53.1 Å². The van der Waals surface area contributed by atoms with E-state index in [1.807, 2.05) is 6.07 Å². The Morgan fingerprint density at radius 3 is 2.65 bits per heavy atom. The van der Waals surface area contributed by atoms with Gasteiger partial charge in [-0.15, -0.1) is 0 Å². The minimum atomic E-state index is -0.361. The summed E-state index contributed by atoms with van der Waals surface area (Å²) in [6, 6.07) is 14.8. The van der Waals surface area contributed by atoms with Crippen LogP contribution in [0, 0.1) is 5.82 Å². The number of pyridine rings is 1. The summed E-state index contributed by atoms with van der Waals surface area (Å²) < 4.78 is 14.5. The van der Waals surface area contributed by atoms with Crippen LogP contribution in [0.5, 0.6) is 0 Å². The van der Waals surface area contributed by atoms with Crippen LogP contribution >= 0.6 is 0 Å². The van der Waals surface area contributed by atoms with E-state index in [-0.39, 0.29) is 36.1 Å². The third kappa shape index (κ3) is 4.44. The van der Waals surface area contributed by atoms with Gasteiger partial charge >= 0.3 is 0 Å². The maximum atomic E-state index is 13.1. The number of benzene rings is 2. The highest BCUT2D eigenvalue weighted by atomic mass is 19.1. The zero-order valence-electron chi connectivity index (χ0n) is 17.9. The number of nitrogens with zero attached hydrogens (tertiary/aromatic N) is 4. The number of aromatic amines is 1. The molecule has 3 heterocycles. The van der Waals surface area contributed by atoms with Gasteiger partial charge in [-0.2, -0.15) is 5.10 Å².